The van der Waals surface area contributed by atoms with Crippen LogP contribution in [0.15, 0.2) is 24.3 Å². The minimum atomic E-state index is -0.313. The first kappa shape index (κ1) is 12.5. The number of carbonyl (C=O) groups excluding carboxylic acids is 1. The van der Waals surface area contributed by atoms with Gasteiger partial charge in [-0.3, -0.25) is 4.79 Å². The molecule has 1 saturated carbocycles. The number of hydrogen-bond donors (Lipinski definition) is 3. The van der Waals surface area contributed by atoms with Crippen LogP contribution < -0.4 is 10.6 Å². The van der Waals surface area contributed by atoms with Gasteiger partial charge in [0.15, 0.2) is 0 Å². The highest BCUT2D eigenvalue weighted by Crippen LogP contribution is 2.40. The van der Waals surface area contributed by atoms with Crippen LogP contribution in [-0.2, 0) is 11.2 Å². The third kappa shape index (κ3) is 2.00. The molecule has 0 radical (unpaired) electrons. The molecular weight excluding hydrogens is 240 g/mol. The molecule has 19 heavy (non-hydrogen) atoms. The average molecular weight is 260 g/mol. The van der Waals surface area contributed by atoms with Crippen molar-refractivity contribution in [1.82, 2.24) is 5.32 Å². The minimum absolute atomic E-state index is 0.0289. The lowest BCUT2D eigenvalue weighted by Crippen LogP contribution is -2.62. The number of carbonyl (C=O) groups is 1. The number of rotatable bonds is 2. The average Bonchev–Trinajstić information content (AvgIpc) is 2.82. The summed E-state index contributed by atoms with van der Waals surface area (Å²) in [4.78, 5) is 12.3. The Morgan fingerprint density at radius 2 is 2.16 bits per heavy atom. The number of amides is 1. The molecule has 0 aromatic heterocycles. The maximum absolute atomic E-state index is 12.3. The van der Waals surface area contributed by atoms with Gasteiger partial charge >= 0.3 is 0 Å². The Morgan fingerprint density at radius 1 is 1.42 bits per heavy atom. The van der Waals surface area contributed by atoms with Gasteiger partial charge in [0.2, 0.25) is 5.91 Å². The fourth-order valence-corrected chi connectivity index (χ4v) is 2.88. The Hall–Kier alpha value is -1.55. The summed E-state index contributed by atoms with van der Waals surface area (Å²) in [6.45, 7) is 3.98. The van der Waals surface area contributed by atoms with Crippen LogP contribution in [0.2, 0.25) is 0 Å². The van der Waals surface area contributed by atoms with Crippen molar-refractivity contribution in [3.63, 3.8) is 0 Å². The molecule has 3 unspecified atom stereocenters. The molecule has 0 bridgehead atoms. The highest BCUT2D eigenvalue weighted by molar-refractivity contribution is 5.87. The molecule has 3 N–H and O–H groups in total. The first-order valence-electron chi connectivity index (χ1n) is 6.81. The number of nitrogens with one attached hydrogen (secondary N) is 2. The fraction of sp³-hybridized carbons (Fsp3) is 0.533. The molecule has 3 rings (SSSR count). The predicted molar refractivity (Wildman–Crippen MR) is 73.9 cm³/mol. The maximum atomic E-state index is 12.3. The number of aliphatic hydroxyl groups excluding tert-OH is 1. The van der Waals surface area contributed by atoms with E-state index < -0.39 is 0 Å². The quantitative estimate of drug-likeness (QED) is 0.751. The van der Waals surface area contributed by atoms with Gasteiger partial charge in [-0.1, -0.05) is 32.0 Å². The van der Waals surface area contributed by atoms with Gasteiger partial charge in [0.05, 0.1) is 6.10 Å². The van der Waals surface area contributed by atoms with Crippen LogP contribution in [0, 0.1) is 5.41 Å². The zero-order valence-corrected chi connectivity index (χ0v) is 11.3. The summed E-state index contributed by atoms with van der Waals surface area (Å²) < 4.78 is 0. The van der Waals surface area contributed by atoms with Gasteiger partial charge in [0, 0.05) is 23.6 Å². The summed E-state index contributed by atoms with van der Waals surface area (Å²) >= 11 is 0. The second kappa shape index (κ2) is 4.23. The van der Waals surface area contributed by atoms with E-state index in [4.69, 9.17) is 0 Å². The van der Waals surface area contributed by atoms with Gasteiger partial charge in [0.25, 0.3) is 0 Å². The highest BCUT2D eigenvalue weighted by Gasteiger charge is 2.48. The molecule has 3 atom stereocenters. The van der Waals surface area contributed by atoms with Crippen LogP contribution in [0.5, 0.6) is 0 Å². The molecule has 1 aliphatic carbocycles. The standard InChI is InChI=1S/C15H20N2O2/c1-15(2)12(8-13(15)18)17-14(19)11-7-9-5-3-4-6-10(9)16-11/h3-6,11-13,16,18H,7-8H2,1-2H3,(H,17,19). The van der Waals surface area contributed by atoms with E-state index in [1.165, 1.54) is 5.56 Å². The van der Waals surface area contributed by atoms with Crippen molar-refractivity contribution < 1.29 is 9.90 Å². The summed E-state index contributed by atoms with van der Waals surface area (Å²) in [5, 5.41) is 16.0. The molecule has 1 amide bonds. The predicted octanol–water partition coefficient (Wildman–Crippen LogP) is 1.30. The van der Waals surface area contributed by atoms with Crippen molar-refractivity contribution in [3.8, 4) is 0 Å². The number of benzene rings is 1. The first-order valence-corrected chi connectivity index (χ1v) is 6.81. The second-order valence-corrected chi connectivity index (χ2v) is 6.19. The van der Waals surface area contributed by atoms with Crippen molar-refractivity contribution in [1.29, 1.82) is 0 Å². The summed E-state index contributed by atoms with van der Waals surface area (Å²) in [6.07, 6.45) is 1.07. The highest BCUT2D eigenvalue weighted by atomic mass is 16.3. The smallest absolute Gasteiger partial charge is 0.243 e. The number of fused-ring (bicyclic) bond motifs is 1. The summed E-state index contributed by atoms with van der Waals surface area (Å²) in [5.74, 6) is 0.0289. The van der Waals surface area contributed by atoms with Crippen LogP contribution >= 0.6 is 0 Å². The molecule has 0 spiro atoms. The molecule has 2 aliphatic rings. The maximum Gasteiger partial charge on any atom is 0.243 e. The Bertz CT molecular complexity index is 488. The van der Waals surface area contributed by atoms with Crippen LogP contribution in [0.3, 0.4) is 0 Å². The molecule has 1 fully saturated rings. The van der Waals surface area contributed by atoms with Crippen molar-refractivity contribution in [2.24, 2.45) is 5.41 Å². The van der Waals surface area contributed by atoms with Gasteiger partial charge in [-0.05, 0) is 18.1 Å². The molecule has 4 nitrogen and oxygen atoms in total. The lowest BCUT2D eigenvalue weighted by Gasteiger charge is -2.49. The SMILES string of the molecule is CC1(C)C(O)CC1NC(=O)C1Cc2ccccc2N1. The molecule has 102 valence electrons. The fourth-order valence-electron chi connectivity index (χ4n) is 2.88. The van der Waals surface area contributed by atoms with Crippen molar-refractivity contribution in [2.75, 3.05) is 5.32 Å². The van der Waals surface area contributed by atoms with Gasteiger partial charge in [-0.2, -0.15) is 0 Å². The molecule has 1 aliphatic heterocycles. The van der Waals surface area contributed by atoms with E-state index in [1.807, 2.05) is 38.1 Å². The largest absolute Gasteiger partial charge is 0.392 e. The number of anilines is 1. The Morgan fingerprint density at radius 3 is 2.79 bits per heavy atom. The third-order valence-corrected chi connectivity index (χ3v) is 4.62. The van der Waals surface area contributed by atoms with E-state index in [9.17, 15) is 9.90 Å². The number of para-hydroxylation sites is 1. The van der Waals surface area contributed by atoms with Crippen molar-refractivity contribution in [2.45, 2.75) is 44.9 Å². The molecule has 1 aromatic carbocycles. The van der Waals surface area contributed by atoms with Gasteiger partial charge in [-0.25, -0.2) is 0 Å². The molecular formula is C15H20N2O2. The first-order chi connectivity index (χ1) is 8.98. The van der Waals surface area contributed by atoms with E-state index in [2.05, 4.69) is 10.6 Å². The van der Waals surface area contributed by atoms with E-state index in [0.717, 1.165) is 12.1 Å². The summed E-state index contributed by atoms with van der Waals surface area (Å²) in [6, 6.07) is 7.89. The Labute approximate surface area is 113 Å². The number of hydrogen-bond acceptors (Lipinski definition) is 3. The molecule has 4 heteroatoms. The third-order valence-electron chi connectivity index (χ3n) is 4.62. The number of aliphatic hydroxyl groups is 1. The lowest BCUT2D eigenvalue weighted by atomic mass is 9.64. The molecule has 0 saturated heterocycles. The zero-order chi connectivity index (χ0) is 13.6. The second-order valence-electron chi connectivity index (χ2n) is 6.19. The Balaban J connectivity index is 1.62. The van der Waals surface area contributed by atoms with Crippen molar-refractivity contribution in [3.05, 3.63) is 29.8 Å². The van der Waals surface area contributed by atoms with Crippen molar-refractivity contribution >= 4 is 11.6 Å². The van der Waals surface area contributed by atoms with Crippen LogP contribution in [0.1, 0.15) is 25.8 Å². The monoisotopic (exact) mass is 260 g/mol. The summed E-state index contributed by atoms with van der Waals surface area (Å²) in [7, 11) is 0. The zero-order valence-electron chi connectivity index (χ0n) is 11.3. The summed E-state index contributed by atoms with van der Waals surface area (Å²) in [5.41, 5.74) is 2.02. The van der Waals surface area contributed by atoms with E-state index in [-0.39, 0.29) is 29.5 Å². The topological polar surface area (TPSA) is 61.4 Å². The molecule has 1 aromatic rings. The van der Waals surface area contributed by atoms with Crippen LogP contribution in [0.4, 0.5) is 5.69 Å². The van der Waals surface area contributed by atoms with E-state index in [1.54, 1.807) is 0 Å². The van der Waals surface area contributed by atoms with E-state index >= 15 is 0 Å². The van der Waals surface area contributed by atoms with Crippen LogP contribution in [-0.4, -0.2) is 29.2 Å². The molecule has 1 heterocycles. The van der Waals surface area contributed by atoms with Gasteiger partial charge in [-0.15, -0.1) is 0 Å². The minimum Gasteiger partial charge on any atom is -0.392 e. The lowest BCUT2D eigenvalue weighted by molar-refractivity contribution is -0.129. The van der Waals surface area contributed by atoms with E-state index in [0.29, 0.717) is 6.42 Å². The normalized spacial score (nSPS) is 31.0. The van der Waals surface area contributed by atoms with Crippen LogP contribution in [0.25, 0.3) is 0 Å². The Kier molecular flexibility index (Phi) is 2.78. The van der Waals surface area contributed by atoms with Gasteiger partial charge in [0.1, 0.15) is 6.04 Å². The van der Waals surface area contributed by atoms with Gasteiger partial charge < -0.3 is 15.7 Å².